The van der Waals surface area contributed by atoms with E-state index in [4.69, 9.17) is 4.74 Å². The Kier molecular flexibility index (Phi) is 8.31. The van der Waals surface area contributed by atoms with Crippen LogP contribution >= 0.6 is 0 Å². The molecule has 1 N–H and O–H groups in total. The van der Waals surface area contributed by atoms with Crippen molar-refractivity contribution in [3.63, 3.8) is 0 Å². The van der Waals surface area contributed by atoms with Crippen LogP contribution in [0.2, 0.25) is 0 Å². The highest BCUT2D eigenvalue weighted by atomic mass is 32.2. The van der Waals surface area contributed by atoms with Gasteiger partial charge < -0.3 is 10.1 Å². The molecule has 6 nitrogen and oxygen atoms in total. The smallest absolute Gasteiger partial charge is 0.238 e. The second-order valence-electron chi connectivity index (χ2n) is 7.92. The molecule has 1 heterocycles. The van der Waals surface area contributed by atoms with Crippen LogP contribution in [0.5, 0.6) is 5.75 Å². The summed E-state index contributed by atoms with van der Waals surface area (Å²) in [6.45, 7) is 9.18. The zero-order valence-electron chi connectivity index (χ0n) is 17.5. The Bertz CT molecular complexity index is 731. The largest absolute Gasteiger partial charge is 0.494 e. The molecule has 1 aliphatic rings. The summed E-state index contributed by atoms with van der Waals surface area (Å²) in [6, 6.07) is 6.90. The van der Waals surface area contributed by atoms with Crippen molar-refractivity contribution in [2.45, 2.75) is 65.5 Å². The Hall–Kier alpha value is -1.60. The molecule has 1 aromatic carbocycles. The van der Waals surface area contributed by atoms with Gasteiger partial charge in [-0.1, -0.05) is 32.9 Å². The standard InChI is InChI=1S/C21H34N2O4S/c1-5-15-28(25,26)23-13-6-7-20(23)21(24)22-17(4)18-8-10-19(11-9-18)27-14-12-16(2)3/h8-11,16-17,20H,5-7,12-15H2,1-4H3,(H,22,24). The van der Waals surface area contributed by atoms with Gasteiger partial charge in [-0.05, 0) is 56.2 Å². The Morgan fingerprint density at radius 2 is 1.93 bits per heavy atom. The van der Waals surface area contributed by atoms with Crippen molar-refractivity contribution in [1.82, 2.24) is 9.62 Å². The van der Waals surface area contributed by atoms with Crippen molar-refractivity contribution in [2.75, 3.05) is 18.9 Å². The van der Waals surface area contributed by atoms with Gasteiger partial charge >= 0.3 is 0 Å². The Morgan fingerprint density at radius 1 is 1.25 bits per heavy atom. The molecule has 0 bridgehead atoms. The van der Waals surface area contributed by atoms with Crippen LogP contribution in [0.4, 0.5) is 0 Å². The number of rotatable bonds is 10. The Labute approximate surface area is 169 Å². The summed E-state index contributed by atoms with van der Waals surface area (Å²) in [5.41, 5.74) is 0.963. The molecule has 7 heteroatoms. The summed E-state index contributed by atoms with van der Waals surface area (Å²) in [7, 11) is -3.37. The lowest BCUT2D eigenvalue weighted by atomic mass is 10.1. The summed E-state index contributed by atoms with van der Waals surface area (Å²) in [5.74, 6) is 1.29. The molecule has 1 amide bonds. The van der Waals surface area contributed by atoms with E-state index in [-0.39, 0.29) is 17.7 Å². The summed E-state index contributed by atoms with van der Waals surface area (Å²) in [4.78, 5) is 12.7. The van der Waals surface area contributed by atoms with Crippen LogP contribution in [0.25, 0.3) is 0 Å². The molecule has 1 saturated heterocycles. The van der Waals surface area contributed by atoms with Crippen LogP contribution in [0.15, 0.2) is 24.3 Å². The van der Waals surface area contributed by atoms with Gasteiger partial charge in [0.2, 0.25) is 15.9 Å². The van der Waals surface area contributed by atoms with Crippen molar-refractivity contribution in [2.24, 2.45) is 5.92 Å². The normalized spacial score (nSPS) is 19.0. The number of carbonyl (C=O) groups is 1. The van der Waals surface area contributed by atoms with Crippen molar-refractivity contribution in [1.29, 1.82) is 0 Å². The number of amides is 1. The van der Waals surface area contributed by atoms with E-state index in [0.29, 0.717) is 31.9 Å². The van der Waals surface area contributed by atoms with E-state index in [1.54, 1.807) is 0 Å². The molecule has 0 saturated carbocycles. The average Bonchev–Trinajstić information content (AvgIpc) is 3.13. The topological polar surface area (TPSA) is 75.7 Å². The van der Waals surface area contributed by atoms with Crippen molar-refractivity contribution >= 4 is 15.9 Å². The molecular formula is C21H34N2O4S. The number of nitrogens with one attached hydrogen (secondary N) is 1. The molecule has 28 heavy (non-hydrogen) atoms. The highest BCUT2D eigenvalue weighted by molar-refractivity contribution is 7.89. The molecule has 0 radical (unpaired) electrons. The van der Waals surface area contributed by atoms with Crippen molar-refractivity contribution < 1.29 is 17.9 Å². The number of hydrogen-bond acceptors (Lipinski definition) is 4. The fraction of sp³-hybridized carbons (Fsp3) is 0.667. The molecule has 2 unspecified atom stereocenters. The van der Waals surface area contributed by atoms with Crippen LogP contribution in [-0.4, -0.2) is 43.6 Å². The fourth-order valence-electron chi connectivity index (χ4n) is 3.37. The number of ether oxygens (including phenoxy) is 1. The van der Waals surface area contributed by atoms with Gasteiger partial charge in [-0.25, -0.2) is 8.42 Å². The van der Waals surface area contributed by atoms with Gasteiger partial charge in [0.05, 0.1) is 18.4 Å². The molecule has 2 rings (SSSR count). The molecule has 1 aliphatic heterocycles. The quantitative estimate of drug-likeness (QED) is 0.641. The predicted molar refractivity (Wildman–Crippen MR) is 112 cm³/mol. The lowest BCUT2D eigenvalue weighted by Gasteiger charge is -2.25. The monoisotopic (exact) mass is 410 g/mol. The highest BCUT2D eigenvalue weighted by Gasteiger charge is 2.38. The third-order valence-corrected chi connectivity index (χ3v) is 7.10. The second-order valence-corrected chi connectivity index (χ2v) is 9.96. The van der Waals surface area contributed by atoms with Gasteiger partial charge in [0, 0.05) is 6.54 Å². The number of hydrogen-bond donors (Lipinski definition) is 1. The number of benzene rings is 1. The third-order valence-electron chi connectivity index (χ3n) is 5.03. The van der Waals surface area contributed by atoms with Gasteiger partial charge in [0.25, 0.3) is 0 Å². The SMILES string of the molecule is CCCS(=O)(=O)N1CCCC1C(=O)NC(C)c1ccc(OCCC(C)C)cc1. The minimum atomic E-state index is -3.37. The van der Waals surface area contributed by atoms with Crippen LogP contribution in [0.3, 0.4) is 0 Å². The first-order valence-electron chi connectivity index (χ1n) is 10.3. The first-order valence-corrected chi connectivity index (χ1v) is 11.9. The van der Waals surface area contributed by atoms with Gasteiger partial charge in [-0.15, -0.1) is 0 Å². The maximum absolute atomic E-state index is 12.7. The lowest BCUT2D eigenvalue weighted by molar-refractivity contribution is -0.124. The molecule has 1 aromatic rings. The van der Waals surface area contributed by atoms with E-state index in [2.05, 4.69) is 19.2 Å². The highest BCUT2D eigenvalue weighted by Crippen LogP contribution is 2.24. The average molecular weight is 411 g/mol. The predicted octanol–water partition coefficient (Wildman–Crippen LogP) is 3.49. The van der Waals surface area contributed by atoms with Crippen LogP contribution in [0, 0.1) is 5.92 Å². The maximum Gasteiger partial charge on any atom is 0.238 e. The summed E-state index contributed by atoms with van der Waals surface area (Å²) in [6.07, 6.45) is 2.85. The fourth-order valence-corrected chi connectivity index (χ4v) is 5.12. The van der Waals surface area contributed by atoms with Crippen molar-refractivity contribution in [3.05, 3.63) is 29.8 Å². The molecule has 158 valence electrons. The Morgan fingerprint density at radius 3 is 2.54 bits per heavy atom. The minimum Gasteiger partial charge on any atom is -0.494 e. The number of sulfonamides is 1. The van der Waals surface area contributed by atoms with Crippen LogP contribution in [0.1, 0.15) is 65.0 Å². The number of nitrogens with zero attached hydrogens (tertiary/aromatic N) is 1. The molecular weight excluding hydrogens is 376 g/mol. The maximum atomic E-state index is 12.7. The van der Waals surface area contributed by atoms with E-state index >= 15 is 0 Å². The molecule has 2 atom stereocenters. The van der Waals surface area contributed by atoms with Gasteiger partial charge in [-0.2, -0.15) is 4.31 Å². The molecule has 0 aliphatic carbocycles. The summed E-state index contributed by atoms with van der Waals surface area (Å²) >= 11 is 0. The first-order chi connectivity index (χ1) is 13.2. The zero-order chi connectivity index (χ0) is 20.7. The lowest BCUT2D eigenvalue weighted by Crippen LogP contribution is -2.47. The van der Waals surface area contributed by atoms with Crippen LogP contribution in [-0.2, 0) is 14.8 Å². The van der Waals surface area contributed by atoms with Gasteiger partial charge in [-0.3, -0.25) is 4.79 Å². The molecule has 0 spiro atoms. The zero-order valence-corrected chi connectivity index (χ0v) is 18.3. The first kappa shape index (κ1) is 22.7. The van der Waals surface area contributed by atoms with E-state index in [1.807, 2.05) is 38.1 Å². The van der Waals surface area contributed by atoms with Gasteiger partial charge in [0.15, 0.2) is 0 Å². The summed E-state index contributed by atoms with van der Waals surface area (Å²) < 4.78 is 31.9. The summed E-state index contributed by atoms with van der Waals surface area (Å²) in [5, 5.41) is 2.97. The molecule has 1 fully saturated rings. The Balaban J connectivity index is 1.94. The van der Waals surface area contributed by atoms with E-state index in [9.17, 15) is 13.2 Å². The minimum absolute atomic E-state index is 0.0879. The van der Waals surface area contributed by atoms with E-state index < -0.39 is 16.1 Å². The third kappa shape index (κ3) is 6.21. The van der Waals surface area contributed by atoms with Crippen molar-refractivity contribution in [3.8, 4) is 5.75 Å². The second kappa shape index (κ2) is 10.3. The van der Waals surface area contributed by atoms with E-state index in [1.165, 1.54) is 4.31 Å². The van der Waals surface area contributed by atoms with Crippen LogP contribution < -0.4 is 10.1 Å². The number of carbonyl (C=O) groups excluding carboxylic acids is 1. The van der Waals surface area contributed by atoms with E-state index in [0.717, 1.165) is 24.2 Å². The molecule has 0 aromatic heterocycles. The van der Waals surface area contributed by atoms with Gasteiger partial charge in [0.1, 0.15) is 11.8 Å².